The summed E-state index contributed by atoms with van der Waals surface area (Å²) < 4.78 is 0. The van der Waals surface area contributed by atoms with E-state index in [0.717, 1.165) is 24.0 Å². The third-order valence-corrected chi connectivity index (χ3v) is 5.72. The molecule has 0 bridgehead atoms. The van der Waals surface area contributed by atoms with Crippen molar-refractivity contribution < 1.29 is 5.11 Å². The molecule has 0 unspecified atom stereocenters. The van der Waals surface area contributed by atoms with Gasteiger partial charge < -0.3 is 5.11 Å². The highest BCUT2D eigenvalue weighted by molar-refractivity contribution is 7.08. The van der Waals surface area contributed by atoms with Gasteiger partial charge in [0.1, 0.15) is 0 Å². The van der Waals surface area contributed by atoms with E-state index < -0.39 is 0 Å². The zero-order chi connectivity index (χ0) is 22.8. The fraction of sp³-hybridized carbons (Fsp3) is 0.267. The summed E-state index contributed by atoms with van der Waals surface area (Å²) in [5.41, 5.74) is 7.36. The Morgan fingerprint density at radius 3 is 2.41 bits per heavy atom. The Morgan fingerprint density at radius 1 is 0.969 bits per heavy atom. The van der Waals surface area contributed by atoms with Gasteiger partial charge in [-0.15, -0.1) is 0 Å². The van der Waals surface area contributed by atoms with Gasteiger partial charge in [-0.25, -0.2) is 0 Å². The molecular weight excluding hydrogens is 408 g/mol. The molecule has 2 heteroatoms. The van der Waals surface area contributed by atoms with Crippen LogP contribution in [-0.2, 0) is 12.8 Å². The Morgan fingerprint density at radius 2 is 1.72 bits per heavy atom. The molecule has 0 saturated carbocycles. The van der Waals surface area contributed by atoms with Gasteiger partial charge in [0.05, 0.1) is 6.61 Å². The van der Waals surface area contributed by atoms with Gasteiger partial charge in [-0.05, 0) is 96.3 Å². The van der Waals surface area contributed by atoms with Gasteiger partial charge in [0.25, 0.3) is 0 Å². The Hall–Kier alpha value is -2.86. The summed E-state index contributed by atoms with van der Waals surface area (Å²) in [6.07, 6.45) is 8.69. The Balaban J connectivity index is 1.62. The summed E-state index contributed by atoms with van der Waals surface area (Å²) in [5.74, 6) is 6.28. The molecule has 0 radical (unpaired) electrons. The van der Waals surface area contributed by atoms with Crippen molar-refractivity contribution in [2.24, 2.45) is 5.41 Å². The number of aliphatic hydroxyl groups excluding tert-OH is 1. The minimum Gasteiger partial charge on any atom is -0.392 e. The van der Waals surface area contributed by atoms with Crippen LogP contribution in [0.3, 0.4) is 0 Å². The summed E-state index contributed by atoms with van der Waals surface area (Å²) in [5, 5.41) is 14.1. The SMILES string of the molecule is CC(C)(C)C#CC=CCC(=Cc1cccc(CCc2cccc(-c3ccsc3)c2)c1)CO. The van der Waals surface area contributed by atoms with Crippen molar-refractivity contribution in [2.75, 3.05) is 6.61 Å². The van der Waals surface area contributed by atoms with Crippen LogP contribution in [0.2, 0.25) is 0 Å². The van der Waals surface area contributed by atoms with E-state index in [0.29, 0.717) is 6.42 Å². The summed E-state index contributed by atoms with van der Waals surface area (Å²) in [6.45, 7) is 6.34. The smallest absolute Gasteiger partial charge is 0.0648 e. The highest BCUT2D eigenvalue weighted by Gasteiger charge is 2.03. The predicted molar refractivity (Wildman–Crippen MR) is 140 cm³/mol. The third kappa shape index (κ3) is 8.00. The Kier molecular flexibility index (Phi) is 8.68. The largest absolute Gasteiger partial charge is 0.392 e. The van der Waals surface area contributed by atoms with E-state index in [1.54, 1.807) is 11.3 Å². The van der Waals surface area contributed by atoms with Crippen LogP contribution < -0.4 is 0 Å². The first kappa shape index (κ1) is 23.8. The lowest BCUT2D eigenvalue weighted by atomic mass is 9.98. The van der Waals surface area contributed by atoms with Gasteiger partial charge in [-0.3, -0.25) is 0 Å². The van der Waals surface area contributed by atoms with E-state index in [1.807, 2.05) is 12.2 Å². The molecule has 3 aromatic rings. The summed E-state index contributed by atoms with van der Waals surface area (Å²) in [7, 11) is 0. The minimum absolute atomic E-state index is 0.00560. The average molecular weight is 441 g/mol. The van der Waals surface area contributed by atoms with Gasteiger partial charge >= 0.3 is 0 Å². The van der Waals surface area contributed by atoms with E-state index >= 15 is 0 Å². The Bertz CT molecular complexity index is 1120. The molecule has 0 aliphatic carbocycles. The summed E-state index contributed by atoms with van der Waals surface area (Å²) in [6, 6.07) is 19.6. The molecule has 0 atom stereocenters. The second-order valence-corrected chi connectivity index (χ2v) is 9.82. The predicted octanol–water partition coefficient (Wildman–Crippen LogP) is 7.57. The number of thiophene rings is 1. The number of aliphatic hydroxyl groups is 1. The van der Waals surface area contributed by atoms with E-state index in [2.05, 4.69) is 104 Å². The van der Waals surface area contributed by atoms with Gasteiger partial charge in [-0.1, -0.05) is 72.5 Å². The Labute approximate surface area is 197 Å². The zero-order valence-corrected chi connectivity index (χ0v) is 20.1. The summed E-state index contributed by atoms with van der Waals surface area (Å²) >= 11 is 1.73. The van der Waals surface area contributed by atoms with Crippen molar-refractivity contribution >= 4 is 17.4 Å². The normalized spacial score (nSPS) is 12.1. The second kappa shape index (κ2) is 11.7. The molecule has 0 amide bonds. The van der Waals surface area contributed by atoms with Crippen LogP contribution in [-0.4, -0.2) is 11.7 Å². The molecule has 1 N–H and O–H groups in total. The number of allylic oxidation sites excluding steroid dienone is 2. The quantitative estimate of drug-likeness (QED) is 0.358. The molecule has 1 aromatic heterocycles. The van der Waals surface area contributed by atoms with Crippen molar-refractivity contribution in [3.8, 4) is 23.0 Å². The van der Waals surface area contributed by atoms with Crippen LogP contribution in [0.15, 0.2) is 83.1 Å². The maximum Gasteiger partial charge on any atom is 0.0648 e. The maximum atomic E-state index is 9.76. The van der Waals surface area contributed by atoms with Crippen LogP contribution in [0.25, 0.3) is 17.2 Å². The molecular formula is C30H32OS. The highest BCUT2D eigenvalue weighted by atomic mass is 32.1. The molecule has 0 fully saturated rings. The van der Waals surface area contributed by atoms with Gasteiger partial charge in [0.2, 0.25) is 0 Å². The fourth-order valence-electron chi connectivity index (χ4n) is 3.39. The molecule has 0 aliphatic rings. The van der Waals surface area contributed by atoms with E-state index in [-0.39, 0.29) is 12.0 Å². The van der Waals surface area contributed by atoms with Gasteiger partial charge in [0, 0.05) is 5.41 Å². The highest BCUT2D eigenvalue weighted by Crippen LogP contribution is 2.23. The minimum atomic E-state index is 0.00560. The lowest BCUT2D eigenvalue weighted by Crippen LogP contribution is -1.98. The third-order valence-electron chi connectivity index (χ3n) is 5.04. The standard InChI is InChI=1S/C30H32OS/c1-30(2,3)17-6-4-5-9-27(22-31)20-26-12-7-10-24(19-26)14-15-25-11-8-13-28(21-25)29-16-18-32-23-29/h4-5,7-8,10-13,16,18-21,23,31H,9,14-15,22H2,1-3H3. The molecule has 2 aromatic carbocycles. The molecule has 0 saturated heterocycles. The van der Waals surface area contributed by atoms with Gasteiger partial charge in [-0.2, -0.15) is 11.3 Å². The van der Waals surface area contributed by atoms with Crippen LogP contribution in [0.1, 0.15) is 43.9 Å². The van der Waals surface area contributed by atoms with E-state index in [4.69, 9.17) is 0 Å². The van der Waals surface area contributed by atoms with Gasteiger partial charge in [0.15, 0.2) is 0 Å². The molecule has 1 heterocycles. The topological polar surface area (TPSA) is 20.2 Å². The first-order valence-corrected chi connectivity index (χ1v) is 12.1. The first-order chi connectivity index (χ1) is 15.4. The van der Waals surface area contributed by atoms with Crippen LogP contribution in [0.5, 0.6) is 0 Å². The molecule has 0 spiro atoms. The number of hydrogen-bond acceptors (Lipinski definition) is 2. The van der Waals surface area contributed by atoms with Crippen molar-refractivity contribution in [1.29, 1.82) is 0 Å². The lowest BCUT2D eigenvalue weighted by molar-refractivity contribution is 0.330. The molecule has 32 heavy (non-hydrogen) atoms. The van der Waals surface area contributed by atoms with Crippen molar-refractivity contribution in [1.82, 2.24) is 0 Å². The molecule has 1 nitrogen and oxygen atoms in total. The number of hydrogen-bond donors (Lipinski definition) is 1. The van der Waals surface area contributed by atoms with E-state index in [1.165, 1.54) is 22.3 Å². The second-order valence-electron chi connectivity index (χ2n) is 9.04. The number of rotatable bonds is 8. The molecule has 164 valence electrons. The monoisotopic (exact) mass is 440 g/mol. The zero-order valence-electron chi connectivity index (χ0n) is 19.3. The van der Waals surface area contributed by atoms with Crippen LogP contribution in [0.4, 0.5) is 0 Å². The van der Waals surface area contributed by atoms with Crippen LogP contribution >= 0.6 is 11.3 Å². The lowest BCUT2D eigenvalue weighted by Gasteiger charge is -2.07. The molecule has 0 aliphatic heterocycles. The molecule has 3 rings (SSSR count). The van der Waals surface area contributed by atoms with Crippen molar-refractivity contribution in [2.45, 2.75) is 40.0 Å². The average Bonchev–Trinajstić information content (AvgIpc) is 3.31. The van der Waals surface area contributed by atoms with Crippen LogP contribution in [0, 0.1) is 17.3 Å². The first-order valence-electron chi connectivity index (χ1n) is 11.1. The fourth-order valence-corrected chi connectivity index (χ4v) is 4.06. The number of benzene rings is 2. The summed E-state index contributed by atoms with van der Waals surface area (Å²) in [4.78, 5) is 0. The maximum absolute atomic E-state index is 9.76. The van der Waals surface area contributed by atoms with Crippen molar-refractivity contribution in [3.05, 3.63) is 99.8 Å². The van der Waals surface area contributed by atoms with Crippen molar-refractivity contribution in [3.63, 3.8) is 0 Å². The number of aryl methyl sites for hydroxylation is 2. The van der Waals surface area contributed by atoms with E-state index in [9.17, 15) is 5.11 Å².